The first-order valence-corrected chi connectivity index (χ1v) is 30.0. The lowest BCUT2D eigenvalue weighted by Crippen LogP contribution is -2.07. The Kier molecular flexibility index (Phi) is 14.4. The molecule has 0 fully saturated rings. The highest BCUT2D eigenvalue weighted by molar-refractivity contribution is 6.14. The summed E-state index contributed by atoms with van der Waals surface area (Å²) < 4.78 is 0. The van der Waals surface area contributed by atoms with Crippen LogP contribution < -0.4 is 0 Å². The van der Waals surface area contributed by atoms with Crippen molar-refractivity contribution in [1.82, 2.24) is 0 Å². The maximum absolute atomic E-state index is 2.49. The topological polar surface area (TPSA) is 0 Å². The fourth-order valence-electron chi connectivity index (χ4n) is 13.3. The Morgan fingerprint density at radius 1 is 0.262 bits per heavy atom. The summed E-state index contributed by atoms with van der Waals surface area (Å²) in [6, 6.07) is 111. The van der Waals surface area contributed by atoms with Crippen LogP contribution in [-0.4, -0.2) is 0 Å². The molecule has 1 unspecified atom stereocenters. The first-order valence-electron chi connectivity index (χ1n) is 30.0. The van der Waals surface area contributed by atoms with Crippen LogP contribution >= 0.6 is 0 Å². The minimum Gasteiger partial charge on any atom is -0.0622 e. The third-order valence-electron chi connectivity index (χ3n) is 17.7. The number of benzene rings is 15. The molecular weight excluding hydrogens is 1010 g/mol. The fraction of sp³-hybridized carbons (Fsp3) is 0.0952. The molecule has 0 nitrogen and oxygen atoms in total. The summed E-state index contributed by atoms with van der Waals surface area (Å²) in [6.45, 7) is 4.39. The lowest BCUT2D eigenvalue weighted by molar-refractivity contribution is 0.814. The highest BCUT2D eigenvalue weighted by atomic mass is 14.2. The number of hydrogen-bond donors (Lipinski definition) is 0. The summed E-state index contributed by atoms with van der Waals surface area (Å²) >= 11 is 0. The number of rotatable bonds is 12. The first kappa shape index (κ1) is 52.2. The van der Waals surface area contributed by atoms with Gasteiger partial charge in [0.1, 0.15) is 0 Å². The van der Waals surface area contributed by atoms with Gasteiger partial charge >= 0.3 is 0 Å². The third kappa shape index (κ3) is 10.8. The zero-order valence-electron chi connectivity index (χ0n) is 47.9. The molecule has 84 heavy (non-hydrogen) atoms. The first-order chi connectivity index (χ1) is 41.4. The van der Waals surface area contributed by atoms with Crippen LogP contribution in [0.4, 0.5) is 0 Å². The zero-order valence-corrected chi connectivity index (χ0v) is 47.9. The second kappa shape index (κ2) is 23.2. The lowest BCUT2D eigenvalue weighted by Gasteiger charge is -2.22. The standard InChI is InChI=1S/C69H54.C15H12/c1-47-30-31-49(40-66(47)61-25-12-10-20-52(61)35-32-48-16-4-2-5-17-48)33-36-53-24-14-28-63-60(53)27-15-29-64(63)67(58-38-37-56-43-54-21-8-9-22-55(54)44-59(56)45-58)41-50-34-39-65-68(51-18-6-3-7-19-51)46-57-23-11-13-26-62(57)69(65)42-50;1-11-6-7-14-9-12-4-2-3-5-13(12)10-15(14)8-11/h2-31,34,37-40,42-46,67H,32-33,35-36,41H2,1H3;2-10H,1H3. The van der Waals surface area contributed by atoms with E-state index in [0.717, 1.165) is 32.1 Å². The van der Waals surface area contributed by atoms with Crippen LogP contribution in [0, 0.1) is 13.8 Å². The van der Waals surface area contributed by atoms with Gasteiger partial charge in [-0.1, -0.05) is 272 Å². The Hall–Kier alpha value is -9.88. The van der Waals surface area contributed by atoms with Crippen molar-refractivity contribution >= 4 is 75.4 Å². The number of hydrogen-bond acceptors (Lipinski definition) is 0. The molecule has 0 heteroatoms. The van der Waals surface area contributed by atoms with E-state index in [0.29, 0.717) is 0 Å². The monoisotopic (exact) mass is 1070 g/mol. The summed E-state index contributed by atoms with van der Waals surface area (Å²) in [5.41, 5.74) is 17.5. The molecule has 402 valence electrons. The molecule has 0 aromatic heterocycles. The number of aryl methyl sites for hydroxylation is 6. The maximum atomic E-state index is 2.49. The summed E-state index contributed by atoms with van der Waals surface area (Å²) in [4.78, 5) is 0. The predicted octanol–water partition coefficient (Wildman–Crippen LogP) is 22.3. The van der Waals surface area contributed by atoms with Crippen LogP contribution in [0.3, 0.4) is 0 Å². The van der Waals surface area contributed by atoms with Gasteiger partial charge in [0.25, 0.3) is 0 Å². The van der Waals surface area contributed by atoms with E-state index >= 15 is 0 Å². The molecule has 0 saturated carbocycles. The molecule has 0 saturated heterocycles. The molecule has 0 bridgehead atoms. The second-order valence-corrected chi connectivity index (χ2v) is 23.2. The summed E-state index contributed by atoms with van der Waals surface area (Å²) in [5.74, 6) is 0.127. The minimum atomic E-state index is 0.127. The largest absolute Gasteiger partial charge is 0.0622 e. The molecule has 0 radical (unpaired) electrons. The molecule has 15 rings (SSSR count). The normalized spacial score (nSPS) is 11.9. The molecule has 15 aromatic carbocycles. The summed E-state index contributed by atoms with van der Waals surface area (Å²) in [6.07, 6.45) is 4.87. The SMILES string of the molecule is Cc1ccc(CCc2cccc3c(C(Cc4ccc5c(-c6ccccc6)cc6ccccc6c5c4)c4ccc5cc6ccccc6cc5c4)cccc23)cc1-c1ccccc1CCc1ccccc1.Cc1ccc2cc3ccccc3cc2c1. The molecule has 0 spiro atoms. The third-order valence-corrected chi connectivity index (χ3v) is 17.7. The Morgan fingerprint density at radius 3 is 1.58 bits per heavy atom. The van der Waals surface area contributed by atoms with Crippen LogP contribution in [0.15, 0.2) is 297 Å². The lowest BCUT2D eigenvalue weighted by atomic mass is 9.81. The van der Waals surface area contributed by atoms with Gasteiger partial charge < -0.3 is 0 Å². The molecule has 1 atom stereocenters. The zero-order chi connectivity index (χ0) is 56.3. The van der Waals surface area contributed by atoms with Crippen molar-refractivity contribution in [3.05, 3.63) is 347 Å². The Morgan fingerprint density at radius 2 is 0.821 bits per heavy atom. The van der Waals surface area contributed by atoms with Crippen molar-refractivity contribution in [2.24, 2.45) is 0 Å². The van der Waals surface area contributed by atoms with E-state index < -0.39 is 0 Å². The van der Waals surface area contributed by atoms with Gasteiger partial charge in [0, 0.05) is 5.92 Å². The summed E-state index contributed by atoms with van der Waals surface area (Å²) in [5, 5.41) is 18.2. The van der Waals surface area contributed by atoms with Crippen LogP contribution in [-0.2, 0) is 32.1 Å². The average Bonchev–Trinajstić information content (AvgIpc) is 3.74. The molecule has 0 aliphatic rings. The van der Waals surface area contributed by atoms with Crippen molar-refractivity contribution in [2.45, 2.75) is 51.9 Å². The Bertz CT molecular complexity index is 4890. The van der Waals surface area contributed by atoms with Crippen LogP contribution in [0.2, 0.25) is 0 Å². The Balaban J connectivity index is 0.000000361. The minimum absolute atomic E-state index is 0.127. The van der Waals surface area contributed by atoms with Gasteiger partial charge in [-0.3, -0.25) is 0 Å². The van der Waals surface area contributed by atoms with Crippen molar-refractivity contribution < 1.29 is 0 Å². The fourth-order valence-corrected chi connectivity index (χ4v) is 13.3. The molecule has 0 N–H and O–H groups in total. The predicted molar refractivity (Wildman–Crippen MR) is 362 cm³/mol. The smallest absolute Gasteiger partial charge is 0.0136 e. The molecule has 0 aliphatic heterocycles. The van der Waals surface area contributed by atoms with Gasteiger partial charge in [-0.25, -0.2) is 0 Å². The van der Waals surface area contributed by atoms with E-state index in [9.17, 15) is 0 Å². The van der Waals surface area contributed by atoms with Crippen LogP contribution in [0.25, 0.3) is 97.7 Å². The van der Waals surface area contributed by atoms with Gasteiger partial charge in [-0.2, -0.15) is 0 Å². The quantitative estimate of drug-likeness (QED) is 0.0845. The molecule has 0 heterocycles. The van der Waals surface area contributed by atoms with E-state index in [2.05, 4.69) is 311 Å². The van der Waals surface area contributed by atoms with Gasteiger partial charge in [-0.05, 0) is 218 Å². The maximum Gasteiger partial charge on any atom is 0.0136 e. The summed E-state index contributed by atoms with van der Waals surface area (Å²) in [7, 11) is 0. The molecule has 15 aromatic rings. The second-order valence-electron chi connectivity index (χ2n) is 23.2. The average molecular weight is 1080 g/mol. The van der Waals surface area contributed by atoms with Crippen molar-refractivity contribution in [1.29, 1.82) is 0 Å². The van der Waals surface area contributed by atoms with E-state index in [4.69, 9.17) is 0 Å². The van der Waals surface area contributed by atoms with Gasteiger partial charge in [0.15, 0.2) is 0 Å². The van der Waals surface area contributed by atoms with Crippen LogP contribution in [0.1, 0.15) is 56.0 Å². The van der Waals surface area contributed by atoms with E-state index in [1.54, 1.807) is 0 Å². The van der Waals surface area contributed by atoms with E-state index in [1.807, 2.05) is 0 Å². The van der Waals surface area contributed by atoms with Crippen LogP contribution in [0.5, 0.6) is 0 Å². The van der Waals surface area contributed by atoms with Gasteiger partial charge in [-0.15, -0.1) is 0 Å². The van der Waals surface area contributed by atoms with E-state index in [-0.39, 0.29) is 5.92 Å². The molecule has 0 aliphatic carbocycles. The van der Waals surface area contributed by atoms with Crippen molar-refractivity contribution in [2.75, 3.05) is 0 Å². The van der Waals surface area contributed by atoms with Crippen molar-refractivity contribution in [3.8, 4) is 22.3 Å². The van der Waals surface area contributed by atoms with Gasteiger partial charge in [0.2, 0.25) is 0 Å². The van der Waals surface area contributed by atoms with E-state index in [1.165, 1.54) is 148 Å². The highest BCUT2D eigenvalue weighted by Gasteiger charge is 2.21. The molecule has 0 amide bonds. The van der Waals surface area contributed by atoms with Gasteiger partial charge in [0.05, 0.1) is 0 Å². The molecular formula is C84H66. The Labute approximate surface area is 494 Å². The van der Waals surface area contributed by atoms with Crippen molar-refractivity contribution in [3.63, 3.8) is 0 Å². The highest BCUT2D eigenvalue weighted by Crippen LogP contribution is 2.41. The number of fused-ring (bicyclic) bond motifs is 8.